The van der Waals surface area contributed by atoms with E-state index in [2.05, 4.69) is 5.32 Å². The zero-order chi connectivity index (χ0) is 26.9. The van der Waals surface area contributed by atoms with Gasteiger partial charge in [0.1, 0.15) is 11.5 Å². The van der Waals surface area contributed by atoms with Gasteiger partial charge in [0.15, 0.2) is 0 Å². The van der Waals surface area contributed by atoms with Crippen LogP contribution in [-0.4, -0.2) is 51.3 Å². The molecule has 0 radical (unpaired) electrons. The van der Waals surface area contributed by atoms with Gasteiger partial charge >= 0.3 is 0 Å². The second kappa shape index (κ2) is 10.4. The van der Waals surface area contributed by atoms with Crippen LogP contribution in [-0.2, 0) is 17.4 Å². The first-order valence-electron chi connectivity index (χ1n) is 12.5. The summed E-state index contributed by atoms with van der Waals surface area (Å²) in [7, 11) is 1.66. The fraction of sp³-hybridized carbons (Fsp3) is 0.379. The van der Waals surface area contributed by atoms with Gasteiger partial charge in [-0.15, -0.1) is 0 Å². The summed E-state index contributed by atoms with van der Waals surface area (Å²) in [6.45, 7) is 8.17. The Labute approximate surface area is 217 Å². The van der Waals surface area contributed by atoms with E-state index in [1.54, 1.807) is 32.0 Å². The summed E-state index contributed by atoms with van der Waals surface area (Å²) in [5.41, 5.74) is 3.12. The van der Waals surface area contributed by atoms with Crippen molar-refractivity contribution in [2.45, 2.75) is 45.8 Å². The van der Waals surface area contributed by atoms with Gasteiger partial charge in [0.25, 0.3) is 5.56 Å². The Balaban J connectivity index is 1.79. The first-order chi connectivity index (χ1) is 17.4. The molecule has 1 fully saturated rings. The number of aromatic nitrogens is 1. The number of amides is 1. The van der Waals surface area contributed by atoms with Gasteiger partial charge < -0.3 is 29.7 Å². The van der Waals surface area contributed by atoms with Crippen LogP contribution in [0, 0.1) is 13.8 Å². The van der Waals surface area contributed by atoms with Crippen molar-refractivity contribution in [3.63, 3.8) is 0 Å². The van der Waals surface area contributed by atoms with Crippen molar-refractivity contribution in [3.05, 3.63) is 75.7 Å². The predicted octanol–water partition coefficient (Wildman–Crippen LogP) is 3.69. The summed E-state index contributed by atoms with van der Waals surface area (Å²) in [6, 6.07) is 12.9. The van der Waals surface area contributed by atoms with Gasteiger partial charge in [-0.2, -0.15) is 0 Å². The maximum Gasteiger partial charge on any atom is 0.252 e. The third kappa shape index (κ3) is 5.87. The molecule has 0 spiro atoms. The highest BCUT2D eigenvalue weighted by Gasteiger charge is 2.25. The molecular weight excluding hydrogens is 470 g/mol. The molecule has 196 valence electrons. The van der Waals surface area contributed by atoms with Crippen LogP contribution in [0.3, 0.4) is 0 Å². The summed E-state index contributed by atoms with van der Waals surface area (Å²) < 4.78 is 7.91. The zero-order valence-electron chi connectivity index (χ0n) is 22.0. The molecule has 2 heterocycles. The molecule has 0 aliphatic carbocycles. The molecule has 1 aliphatic rings. The Hall–Kier alpha value is -3.62. The second-order valence-electron chi connectivity index (χ2n) is 10.3. The number of nitrogens with zero attached hydrogens (tertiary/aromatic N) is 2. The predicted molar refractivity (Wildman–Crippen MR) is 144 cm³/mol. The number of hydrogen-bond acceptors (Lipinski definition) is 6. The van der Waals surface area contributed by atoms with Gasteiger partial charge in [-0.3, -0.25) is 9.59 Å². The molecular formula is C29H35N3O5. The molecule has 0 saturated carbocycles. The molecule has 3 N–H and O–H groups in total. The Bertz CT molecular complexity index is 1350. The molecule has 1 aromatic heterocycles. The van der Waals surface area contributed by atoms with Crippen molar-refractivity contribution in [3.8, 4) is 22.6 Å². The number of rotatable bonds is 7. The van der Waals surface area contributed by atoms with Crippen molar-refractivity contribution < 1.29 is 19.7 Å². The monoisotopic (exact) mass is 505 g/mol. The van der Waals surface area contributed by atoms with Crippen LogP contribution < -0.4 is 15.6 Å². The molecule has 8 nitrogen and oxygen atoms in total. The number of benzene rings is 2. The number of aryl methyl sites for hydroxylation is 3. The van der Waals surface area contributed by atoms with E-state index in [1.807, 2.05) is 50.2 Å². The molecule has 0 unspecified atom stereocenters. The lowest BCUT2D eigenvalue weighted by Crippen LogP contribution is -2.34. The molecule has 1 aliphatic heterocycles. The summed E-state index contributed by atoms with van der Waals surface area (Å²) in [6.07, 6.45) is 1.76. The molecule has 2 aromatic carbocycles. The number of para-hydroxylation sites is 1. The fourth-order valence-electron chi connectivity index (χ4n) is 4.52. The van der Waals surface area contributed by atoms with Crippen molar-refractivity contribution in [1.82, 2.24) is 9.47 Å². The lowest BCUT2D eigenvalue weighted by atomic mass is 9.93. The number of β-amino-alcohol motifs (C(OH)–C–C–N with tert-alkyl or cyclic N) is 1. The van der Waals surface area contributed by atoms with Crippen molar-refractivity contribution >= 4 is 11.6 Å². The molecule has 37 heavy (non-hydrogen) atoms. The van der Waals surface area contributed by atoms with Crippen LogP contribution in [0.25, 0.3) is 11.1 Å². The Morgan fingerprint density at radius 1 is 1.14 bits per heavy atom. The van der Waals surface area contributed by atoms with E-state index in [0.29, 0.717) is 47.6 Å². The average molecular weight is 506 g/mol. The van der Waals surface area contributed by atoms with Gasteiger partial charge in [0, 0.05) is 49.2 Å². The lowest BCUT2D eigenvalue weighted by molar-refractivity contribution is -0.128. The fourth-order valence-corrected chi connectivity index (χ4v) is 4.52. The average Bonchev–Trinajstić information content (AvgIpc) is 3.27. The van der Waals surface area contributed by atoms with E-state index in [-0.39, 0.29) is 18.0 Å². The number of aliphatic hydroxyl groups is 2. The highest BCUT2D eigenvalue weighted by molar-refractivity contribution is 5.86. The first-order valence-corrected chi connectivity index (χ1v) is 12.5. The van der Waals surface area contributed by atoms with Crippen LogP contribution in [0.1, 0.15) is 37.0 Å². The number of likely N-dealkylation sites (tertiary alicyclic amines) is 1. The number of carbonyl (C=O) groups excluding carboxylic acids is 1. The van der Waals surface area contributed by atoms with E-state index < -0.39 is 11.7 Å². The molecule has 4 rings (SSSR count). The van der Waals surface area contributed by atoms with Gasteiger partial charge in [-0.1, -0.05) is 24.3 Å². The highest BCUT2D eigenvalue weighted by atomic mass is 16.5. The largest absolute Gasteiger partial charge is 0.456 e. The highest BCUT2D eigenvalue weighted by Crippen LogP contribution is 2.40. The number of carbonyl (C=O) groups is 1. The second-order valence-corrected chi connectivity index (χ2v) is 10.3. The number of hydrogen-bond donors (Lipinski definition) is 3. The molecule has 0 bridgehead atoms. The van der Waals surface area contributed by atoms with Gasteiger partial charge in [0.2, 0.25) is 5.91 Å². The Morgan fingerprint density at radius 2 is 1.84 bits per heavy atom. The van der Waals surface area contributed by atoms with Crippen LogP contribution >= 0.6 is 0 Å². The minimum Gasteiger partial charge on any atom is -0.456 e. The Kier molecular flexibility index (Phi) is 7.43. The van der Waals surface area contributed by atoms with Gasteiger partial charge in [-0.05, 0) is 62.9 Å². The van der Waals surface area contributed by atoms with E-state index >= 15 is 0 Å². The van der Waals surface area contributed by atoms with Crippen molar-refractivity contribution in [2.24, 2.45) is 7.05 Å². The Morgan fingerprint density at radius 3 is 2.46 bits per heavy atom. The van der Waals surface area contributed by atoms with Gasteiger partial charge in [-0.25, -0.2) is 0 Å². The zero-order valence-corrected chi connectivity index (χ0v) is 22.0. The van der Waals surface area contributed by atoms with Crippen molar-refractivity contribution in [1.29, 1.82) is 0 Å². The molecule has 1 amide bonds. The number of aliphatic hydroxyl groups excluding tert-OH is 1. The topological polar surface area (TPSA) is 104 Å². The summed E-state index contributed by atoms with van der Waals surface area (Å²) in [4.78, 5) is 26.9. The van der Waals surface area contributed by atoms with Gasteiger partial charge in [0.05, 0.1) is 18.2 Å². The minimum absolute atomic E-state index is 0.0227. The van der Waals surface area contributed by atoms with Crippen LogP contribution in [0.4, 0.5) is 5.69 Å². The molecule has 1 saturated heterocycles. The summed E-state index contributed by atoms with van der Waals surface area (Å²) >= 11 is 0. The summed E-state index contributed by atoms with van der Waals surface area (Å²) in [5.74, 6) is 1.14. The SMILES string of the molecule is Cc1cccc(C)c1Oc1ccc(C(C)(C)O)cc1-c1cn(C)c(=O)cc1NCC(=O)N1CC[C@H](O)C1. The van der Waals surface area contributed by atoms with Crippen molar-refractivity contribution in [2.75, 3.05) is 25.0 Å². The van der Waals surface area contributed by atoms with E-state index in [9.17, 15) is 19.8 Å². The number of anilines is 1. The smallest absolute Gasteiger partial charge is 0.252 e. The van der Waals surface area contributed by atoms with E-state index in [1.165, 1.54) is 10.6 Å². The van der Waals surface area contributed by atoms with E-state index in [4.69, 9.17) is 4.74 Å². The number of pyridine rings is 1. The first kappa shape index (κ1) is 26.4. The third-order valence-electron chi connectivity index (χ3n) is 6.77. The van der Waals surface area contributed by atoms with E-state index in [0.717, 1.165) is 16.9 Å². The van der Waals surface area contributed by atoms with Crippen LogP contribution in [0.15, 0.2) is 53.5 Å². The molecule has 1 atom stereocenters. The number of ether oxygens (including phenoxy) is 1. The maximum absolute atomic E-state index is 12.7. The van der Waals surface area contributed by atoms with Crippen LogP contribution in [0.5, 0.6) is 11.5 Å². The summed E-state index contributed by atoms with van der Waals surface area (Å²) in [5, 5.41) is 23.7. The molecule has 8 heteroatoms. The quantitative estimate of drug-likeness (QED) is 0.453. The number of nitrogens with one attached hydrogen (secondary N) is 1. The molecule has 3 aromatic rings. The minimum atomic E-state index is -1.10. The third-order valence-corrected chi connectivity index (χ3v) is 6.77. The standard InChI is InChI=1S/C29H35N3O5/c1-18-7-6-8-19(2)28(18)37-25-10-9-20(29(3,4)36)13-22(25)23-17-31(5)26(34)14-24(23)30-15-27(35)32-12-11-21(33)16-32/h6-10,13-14,17,21,30,33,36H,11-12,15-16H2,1-5H3/t21-/m0/s1. The lowest BCUT2D eigenvalue weighted by Gasteiger charge is -2.23. The normalized spacial score (nSPS) is 15.6. The maximum atomic E-state index is 12.7. The van der Waals surface area contributed by atoms with Crippen LogP contribution in [0.2, 0.25) is 0 Å².